The third-order valence-electron chi connectivity index (χ3n) is 6.96. The van der Waals surface area contributed by atoms with E-state index in [-0.39, 0.29) is 30.9 Å². The third kappa shape index (κ3) is 4.46. The summed E-state index contributed by atoms with van der Waals surface area (Å²) in [6.07, 6.45) is 6.69. The minimum absolute atomic E-state index is 0.0376. The molecule has 0 aliphatic heterocycles. The molecule has 4 fully saturated rings. The van der Waals surface area contributed by atoms with Crippen LogP contribution in [0.1, 0.15) is 44.6 Å². The highest BCUT2D eigenvalue weighted by molar-refractivity contribution is 5.95. The quantitative estimate of drug-likeness (QED) is 0.692. The molecule has 1 aromatic rings. The van der Waals surface area contributed by atoms with Crippen molar-refractivity contribution < 1.29 is 19.1 Å². The van der Waals surface area contributed by atoms with Crippen molar-refractivity contribution >= 4 is 23.5 Å². The summed E-state index contributed by atoms with van der Waals surface area (Å²) in [5, 5.41) is 5.34. The Labute approximate surface area is 171 Å². The van der Waals surface area contributed by atoms with Gasteiger partial charge in [-0.05, 0) is 73.8 Å². The van der Waals surface area contributed by atoms with Crippen LogP contribution in [0.5, 0.6) is 0 Å². The summed E-state index contributed by atoms with van der Waals surface area (Å²) in [6, 6.07) is 7.58. The summed E-state index contributed by atoms with van der Waals surface area (Å²) in [4.78, 5) is 36.8. The fourth-order valence-corrected chi connectivity index (χ4v) is 5.92. The minimum Gasteiger partial charge on any atom is -0.455 e. The maximum Gasteiger partial charge on any atom is 0.310 e. The Morgan fingerprint density at radius 1 is 0.966 bits per heavy atom. The van der Waals surface area contributed by atoms with Crippen LogP contribution >= 0.6 is 0 Å². The van der Waals surface area contributed by atoms with E-state index < -0.39 is 5.91 Å². The fourth-order valence-electron chi connectivity index (χ4n) is 5.92. The predicted octanol–water partition coefficient (Wildman–Crippen LogP) is 2.92. The monoisotopic (exact) mass is 398 g/mol. The van der Waals surface area contributed by atoms with Crippen molar-refractivity contribution in [3.05, 3.63) is 29.8 Å². The van der Waals surface area contributed by atoms with Gasteiger partial charge >= 0.3 is 5.97 Å². The lowest BCUT2D eigenvalue weighted by atomic mass is 9.52. The number of benzene rings is 1. The second-order valence-electron chi connectivity index (χ2n) is 8.90. The number of para-hydroxylation sites is 1. The average molecular weight is 399 g/mol. The zero-order valence-corrected chi connectivity index (χ0v) is 17.0. The largest absolute Gasteiger partial charge is 0.455 e. The van der Waals surface area contributed by atoms with E-state index in [1.54, 1.807) is 0 Å². The molecule has 5 rings (SSSR count). The number of anilines is 1. The van der Waals surface area contributed by atoms with Gasteiger partial charge in [0.1, 0.15) is 0 Å². The van der Waals surface area contributed by atoms with E-state index in [1.165, 1.54) is 6.42 Å². The van der Waals surface area contributed by atoms with E-state index in [4.69, 9.17) is 4.74 Å². The summed E-state index contributed by atoms with van der Waals surface area (Å²) in [5.74, 6) is 1.45. The van der Waals surface area contributed by atoms with Crippen LogP contribution in [-0.4, -0.2) is 30.9 Å². The molecular weight excluding hydrogens is 368 g/mol. The molecule has 0 atom stereocenters. The van der Waals surface area contributed by atoms with Gasteiger partial charge in [-0.1, -0.05) is 25.1 Å². The van der Waals surface area contributed by atoms with E-state index in [0.29, 0.717) is 11.8 Å². The number of hydrogen-bond acceptors (Lipinski definition) is 4. The molecule has 0 aromatic heterocycles. The molecule has 4 aliphatic carbocycles. The van der Waals surface area contributed by atoms with E-state index in [9.17, 15) is 14.4 Å². The highest BCUT2D eigenvalue weighted by Gasteiger charge is 2.51. The first-order valence-corrected chi connectivity index (χ1v) is 10.8. The third-order valence-corrected chi connectivity index (χ3v) is 6.96. The molecule has 0 saturated heterocycles. The predicted molar refractivity (Wildman–Crippen MR) is 109 cm³/mol. The van der Waals surface area contributed by atoms with Crippen molar-refractivity contribution in [1.82, 2.24) is 5.32 Å². The van der Waals surface area contributed by atoms with Crippen molar-refractivity contribution in [2.45, 2.75) is 45.4 Å². The number of carbonyl (C=O) groups excluding carboxylic acids is 3. The van der Waals surface area contributed by atoms with Crippen LogP contribution in [0.15, 0.2) is 24.3 Å². The smallest absolute Gasteiger partial charge is 0.310 e. The highest BCUT2D eigenvalue weighted by atomic mass is 16.5. The summed E-state index contributed by atoms with van der Waals surface area (Å²) in [5.41, 5.74) is 1.79. The van der Waals surface area contributed by atoms with Crippen molar-refractivity contribution in [3.8, 4) is 0 Å². The van der Waals surface area contributed by atoms with Crippen molar-refractivity contribution in [1.29, 1.82) is 0 Å². The molecule has 0 radical (unpaired) electrons. The summed E-state index contributed by atoms with van der Waals surface area (Å²) in [6.45, 7) is 1.55. The first kappa shape index (κ1) is 19.9. The Morgan fingerprint density at radius 2 is 1.62 bits per heavy atom. The molecular formula is C23H30N2O4. The number of esters is 1. The van der Waals surface area contributed by atoms with Crippen LogP contribution in [0, 0.1) is 29.6 Å². The van der Waals surface area contributed by atoms with Crippen LogP contribution in [0.25, 0.3) is 0 Å². The summed E-state index contributed by atoms with van der Waals surface area (Å²) in [7, 11) is 0. The molecule has 4 saturated carbocycles. The highest BCUT2D eigenvalue weighted by Crippen LogP contribution is 2.56. The summed E-state index contributed by atoms with van der Waals surface area (Å²) < 4.78 is 5.33. The first-order chi connectivity index (χ1) is 14.0. The van der Waals surface area contributed by atoms with Crippen LogP contribution in [0.2, 0.25) is 0 Å². The Balaban J connectivity index is 1.20. The molecule has 156 valence electrons. The van der Waals surface area contributed by atoms with Gasteiger partial charge in [-0.15, -0.1) is 0 Å². The van der Waals surface area contributed by atoms with Gasteiger partial charge in [0.15, 0.2) is 6.61 Å². The number of amides is 2. The lowest BCUT2D eigenvalue weighted by Gasteiger charge is -2.53. The van der Waals surface area contributed by atoms with Crippen molar-refractivity contribution in [3.63, 3.8) is 0 Å². The Bertz CT molecular complexity index is 763. The number of rotatable bonds is 7. The average Bonchev–Trinajstić information content (AvgIpc) is 2.70. The van der Waals surface area contributed by atoms with E-state index in [1.807, 2.05) is 31.2 Å². The first-order valence-electron chi connectivity index (χ1n) is 10.8. The van der Waals surface area contributed by atoms with Gasteiger partial charge < -0.3 is 15.4 Å². The minimum atomic E-state index is -0.443. The van der Waals surface area contributed by atoms with Crippen LogP contribution < -0.4 is 10.6 Å². The fraction of sp³-hybridized carbons (Fsp3) is 0.609. The van der Waals surface area contributed by atoms with Gasteiger partial charge in [0.25, 0.3) is 5.91 Å². The van der Waals surface area contributed by atoms with Gasteiger partial charge in [-0.2, -0.15) is 0 Å². The lowest BCUT2D eigenvalue weighted by Crippen LogP contribution is -2.48. The Hall–Kier alpha value is -2.37. The zero-order valence-electron chi connectivity index (χ0n) is 17.0. The molecule has 6 nitrogen and oxygen atoms in total. The van der Waals surface area contributed by atoms with Gasteiger partial charge in [0, 0.05) is 5.69 Å². The van der Waals surface area contributed by atoms with Crippen LogP contribution in [0.4, 0.5) is 5.69 Å². The second-order valence-corrected chi connectivity index (χ2v) is 8.90. The Morgan fingerprint density at radius 3 is 2.28 bits per heavy atom. The second kappa shape index (κ2) is 8.56. The van der Waals surface area contributed by atoms with Gasteiger partial charge in [-0.3, -0.25) is 14.4 Å². The lowest BCUT2D eigenvalue weighted by molar-refractivity contribution is -0.164. The molecule has 6 heteroatoms. The van der Waals surface area contributed by atoms with Gasteiger partial charge in [0.2, 0.25) is 5.91 Å². The topological polar surface area (TPSA) is 84.5 Å². The van der Waals surface area contributed by atoms with E-state index in [2.05, 4.69) is 10.6 Å². The zero-order chi connectivity index (χ0) is 20.4. The van der Waals surface area contributed by atoms with Gasteiger partial charge in [-0.25, -0.2) is 0 Å². The van der Waals surface area contributed by atoms with Crippen molar-refractivity contribution in [2.75, 3.05) is 18.5 Å². The molecule has 2 amide bonds. The standard InChI is InChI=1S/C23H30N2O4/c1-2-16-5-3-4-6-19(16)25-20(26)12-24-21(27)13-29-23(28)22-17-8-14-7-15(10-17)11-18(22)9-14/h3-6,14-15,17-18,22H,2,7-13H2,1H3,(H,24,27)(H,25,26). The molecule has 4 aliphatic rings. The van der Waals surface area contributed by atoms with Gasteiger partial charge in [0.05, 0.1) is 12.5 Å². The van der Waals surface area contributed by atoms with E-state index in [0.717, 1.165) is 55.2 Å². The molecule has 0 heterocycles. The maximum atomic E-state index is 12.6. The van der Waals surface area contributed by atoms with Crippen LogP contribution in [0.3, 0.4) is 0 Å². The van der Waals surface area contributed by atoms with Crippen LogP contribution in [-0.2, 0) is 25.5 Å². The maximum absolute atomic E-state index is 12.6. The number of aryl methyl sites for hydroxylation is 1. The molecule has 2 N–H and O–H groups in total. The molecule has 0 unspecified atom stereocenters. The number of hydrogen-bond donors (Lipinski definition) is 2. The SMILES string of the molecule is CCc1ccccc1NC(=O)CNC(=O)COC(=O)C1C2CC3CC(C2)CC1C3. The number of carbonyl (C=O) groups is 3. The number of nitrogens with one attached hydrogen (secondary N) is 2. The summed E-state index contributed by atoms with van der Waals surface area (Å²) >= 11 is 0. The molecule has 4 bridgehead atoms. The number of ether oxygens (including phenoxy) is 1. The molecule has 0 spiro atoms. The van der Waals surface area contributed by atoms with E-state index >= 15 is 0 Å². The molecule has 1 aromatic carbocycles. The van der Waals surface area contributed by atoms with Crippen molar-refractivity contribution in [2.24, 2.45) is 29.6 Å². The Kier molecular flexibility index (Phi) is 5.88. The molecule has 29 heavy (non-hydrogen) atoms. The normalized spacial score (nSPS) is 29.3.